The van der Waals surface area contributed by atoms with Crippen LogP contribution in [0.5, 0.6) is 0 Å². The summed E-state index contributed by atoms with van der Waals surface area (Å²) in [6.45, 7) is 5.22. The van der Waals surface area contributed by atoms with Crippen molar-refractivity contribution in [2.75, 3.05) is 13.1 Å². The second-order valence-corrected chi connectivity index (χ2v) is 7.93. The Morgan fingerprint density at radius 3 is 2.64 bits per heavy atom. The van der Waals surface area contributed by atoms with Gasteiger partial charge in [-0.1, -0.05) is 35.3 Å². The Labute approximate surface area is 173 Å². The molecule has 2 aromatic carbocycles. The van der Waals surface area contributed by atoms with Crippen molar-refractivity contribution in [3.05, 3.63) is 75.3 Å². The lowest BCUT2D eigenvalue weighted by molar-refractivity contribution is 0.0790. The average molecular weight is 415 g/mol. The molecule has 1 fully saturated rings. The minimum Gasteiger partial charge on any atom is -0.338 e. The van der Waals surface area contributed by atoms with Gasteiger partial charge in [-0.15, -0.1) is 10.2 Å². The third-order valence-electron chi connectivity index (χ3n) is 5.19. The molecule has 0 radical (unpaired) electrons. The van der Waals surface area contributed by atoms with E-state index >= 15 is 0 Å². The Bertz CT molecular complexity index is 1050. The standard InChI is InChI=1S/C21H20Cl2N4O/c1-13-11-16(22)7-8-19(13)27-14(2)24-25-20(27)15-9-10-26(12-15)21(28)17-5-3-4-6-18(17)23/h3-8,11,15H,9-10,12H2,1-2H3. The van der Waals surface area contributed by atoms with Gasteiger partial charge < -0.3 is 4.90 Å². The first kappa shape index (κ1) is 19.0. The van der Waals surface area contributed by atoms with E-state index in [1.807, 2.05) is 49.1 Å². The summed E-state index contributed by atoms with van der Waals surface area (Å²) in [7, 11) is 0. The van der Waals surface area contributed by atoms with Crippen molar-refractivity contribution in [1.82, 2.24) is 19.7 Å². The summed E-state index contributed by atoms with van der Waals surface area (Å²) < 4.78 is 2.07. The number of aryl methyl sites for hydroxylation is 2. The number of carbonyl (C=O) groups is 1. The Balaban J connectivity index is 1.62. The zero-order chi connectivity index (χ0) is 19.8. The maximum Gasteiger partial charge on any atom is 0.255 e. The zero-order valence-electron chi connectivity index (χ0n) is 15.7. The van der Waals surface area contributed by atoms with Gasteiger partial charge in [0, 0.05) is 24.0 Å². The summed E-state index contributed by atoms with van der Waals surface area (Å²) in [4.78, 5) is 14.7. The van der Waals surface area contributed by atoms with Gasteiger partial charge in [-0.2, -0.15) is 0 Å². The number of aromatic nitrogens is 3. The molecule has 3 aromatic rings. The van der Waals surface area contributed by atoms with E-state index in [0.717, 1.165) is 29.3 Å². The van der Waals surface area contributed by atoms with E-state index in [9.17, 15) is 4.79 Å². The van der Waals surface area contributed by atoms with Crippen LogP contribution in [-0.4, -0.2) is 38.7 Å². The molecule has 0 N–H and O–H groups in total. The van der Waals surface area contributed by atoms with Crippen LogP contribution in [0.4, 0.5) is 0 Å². The second-order valence-electron chi connectivity index (χ2n) is 7.09. The molecule has 144 valence electrons. The number of nitrogens with zero attached hydrogens (tertiary/aromatic N) is 4. The second kappa shape index (κ2) is 7.57. The van der Waals surface area contributed by atoms with Crippen molar-refractivity contribution in [3.8, 4) is 5.69 Å². The molecule has 1 saturated heterocycles. The molecular formula is C21H20Cl2N4O. The number of benzene rings is 2. The number of halogens is 2. The monoisotopic (exact) mass is 414 g/mol. The maximum absolute atomic E-state index is 12.9. The number of amides is 1. The number of likely N-dealkylation sites (tertiary alicyclic amines) is 1. The van der Waals surface area contributed by atoms with Crippen LogP contribution >= 0.6 is 23.2 Å². The first-order valence-electron chi connectivity index (χ1n) is 9.18. The lowest BCUT2D eigenvalue weighted by Crippen LogP contribution is -2.29. The first-order valence-corrected chi connectivity index (χ1v) is 9.93. The smallest absolute Gasteiger partial charge is 0.255 e. The molecule has 4 rings (SSSR count). The largest absolute Gasteiger partial charge is 0.338 e. The van der Waals surface area contributed by atoms with Gasteiger partial charge in [-0.05, 0) is 56.2 Å². The summed E-state index contributed by atoms with van der Waals surface area (Å²) in [6.07, 6.45) is 0.834. The van der Waals surface area contributed by atoms with Gasteiger partial charge in [-0.25, -0.2) is 0 Å². The highest BCUT2D eigenvalue weighted by molar-refractivity contribution is 6.33. The van der Waals surface area contributed by atoms with E-state index in [1.165, 1.54) is 0 Å². The molecule has 1 aromatic heterocycles. The maximum atomic E-state index is 12.9. The molecule has 1 unspecified atom stereocenters. The summed E-state index contributed by atoms with van der Waals surface area (Å²) in [6, 6.07) is 12.9. The average Bonchev–Trinajstić information content (AvgIpc) is 3.29. The Morgan fingerprint density at radius 1 is 1.11 bits per heavy atom. The van der Waals surface area contributed by atoms with Gasteiger partial charge in [0.05, 0.1) is 16.3 Å². The van der Waals surface area contributed by atoms with Gasteiger partial charge in [-0.3, -0.25) is 9.36 Å². The fourth-order valence-corrected chi connectivity index (χ4v) is 4.21. The molecule has 28 heavy (non-hydrogen) atoms. The van der Waals surface area contributed by atoms with Crippen LogP contribution in [0.2, 0.25) is 10.0 Å². The van der Waals surface area contributed by atoms with Gasteiger partial charge in [0.1, 0.15) is 11.6 Å². The van der Waals surface area contributed by atoms with Crippen LogP contribution < -0.4 is 0 Å². The lowest BCUT2D eigenvalue weighted by Gasteiger charge is -2.18. The van der Waals surface area contributed by atoms with E-state index in [1.54, 1.807) is 12.1 Å². The molecular weight excluding hydrogens is 395 g/mol. The molecule has 2 heterocycles. The zero-order valence-corrected chi connectivity index (χ0v) is 17.2. The van der Waals surface area contributed by atoms with Gasteiger partial charge in [0.25, 0.3) is 5.91 Å². The molecule has 5 nitrogen and oxygen atoms in total. The molecule has 0 saturated carbocycles. The third kappa shape index (κ3) is 3.40. The highest BCUT2D eigenvalue weighted by atomic mass is 35.5. The Morgan fingerprint density at radius 2 is 1.89 bits per heavy atom. The van der Waals surface area contributed by atoms with Crippen molar-refractivity contribution >= 4 is 29.1 Å². The topological polar surface area (TPSA) is 51.0 Å². The molecule has 0 bridgehead atoms. The van der Waals surface area contributed by atoms with Gasteiger partial charge in [0.2, 0.25) is 0 Å². The van der Waals surface area contributed by atoms with Crippen LogP contribution in [-0.2, 0) is 0 Å². The predicted octanol–water partition coefficient (Wildman–Crippen LogP) is 4.82. The van der Waals surface area contributed by atoms with Crippen molar-refractivity contribution < 1.29 is 4.79 Å². The van der Waals surface area contributed by atoms with E-state index < -0.39 is 0 Å². The summed E-state index contributed by atoms with van der Waals surface area (Å²) in [5.41, 5.74) is 2.60. The summed E-state index contributed by atoms with van der Waals surface area (Å²) in [5.74, 6) is 1.76. The first-order chi connectivity index (χ1) is 13.5. The third-order valence-corrected chi connectivity index (χ3v) is 5.76. The number of carbonyl (C=O) groups excluding carboxylic acids is 1. The summed E-state index contributed by atoms with van der Waals surface area (Å²) >= 11 is 12.3. The van der Waals surface area contributed by atoms with Crippen LogP contribution in [0.1, 0.15) is 39.9 Å². The van der Waals surface area contributed by atoms with Crippen molar-refractivity contribution in [2.24, 2.45) is 0 Å². The summed E-state index contributed by atoms with van der Waals surface area (Å²) in [5, 5.41) is 9.91. The van der Waals surface area contributed by atoms with Crippen molar-refractivity contribution in [3.63, 3.8) is 0 Å². The van der Waals surface area contributed by atoms with Crippen molar-refractivity contribution in [1.29, 1.82) is 0 Å². The van der Waals surface area contributed by atoms with Gasteiger partial charge >= 0.3 is 0 Å². The number of hydrogen-bond acceptors (Lipinski definition) is 3. The van der Waals surface area contributed by atoms with E-state index in [2.05, 4.69) is 14.8 Å². The Hall–Kier alpha value is -2.37. The Kier molecular flexibility index (Phi) is 5.13. The predicted molar refractivity (Wildman–Crippen MR) is 111 cm³/mol. The van der Waals surface area contributed by atoms with Crippen LogP contribution in [0.3, 0.4) is 0 Å². The van der Waals surface area contributed by atoms with E-state index in [4.69, 9.17) is 23.2 Å². The minimum absolute atomic E-state index is 0.0430. The molecule has 1 aliphatic heterocycles. The van der Waals surface area contributed by atoms with Crippen molar-refractivity contribution in [2.45, 2.75) is 26.2 Å². The molecule has 0 spiro atoms. The number of rotatable bonds is 3. The van der Waals surface area contributed by atoms with Gasteiger partial charge in [0.15, 0.2) is 0 Å². The molecule has 1 aliphatic rings. The highest BCUT2D eigenvalue weighted by Crippen LogP contribution is 2.31. The van der Waals surface area contributed by atoms with E-state index in [-0.39, 0.29) is 11.8 Å². The highest BCUT2D eigenvalue weighted by Gasteiger charge is 2.32. The number of hydrogen-bond donors (Lipinski definition) is 0. The fourth-order valence-electron chi connectivity index (χ4n) is 3.77. The van der Waals surface area contributed by atoms with Crippen LogP contribution in [0.15, 0.2) is 42.5 Å². The fraction of sp³-hybridized carbons (Fsp3) is 0.286. The molecule has 1 atom stereocenters. The molecule has 0 aliphatic carbocycles. The minimum atomic E-state index is -0.0430. The van der Waals surface area contributed by atoms with Crippen LogP contribution in [0, 0.1) is 13.8 Å². The van der Waals surface area contributed by atoms with Crippen LogP contribution in [0.25, 0.3) is 5.69 Å². The molecule has 1 amide bonds. The SMILES string of the molecule is Cc1cc(Cl)ccc1-n1c(C)nnc1C1CCN(C(=O)c2ccccc2Cl)C1. The normalized spacial score (nSPS) is 16.6. The van der Waals surface area contributed by atoms with E-state index in [0.29, 0.717) is 28.7 Å². The lowest BCUT2D eigenvalue weighted by atomic mass is 10.1. The quantitative estimate of drug-likeness (QED) is 0.616. The molecule has 7 heteroatoms.